The van der Waals surface area contributed by atoms with Crippen molar-refractivity contribution in [2.24, 2.45) is 0 Å². The molecule has 2 heterocycles. The molecule has 2 aromatic rings. The standard InChI is InChI=1S/C15H17ClN2OS/c1-10-3-4-11-12(9-10)20-14(13(11)16)15(19)18-7-5-17(2)6-8-18/h3-4,9H,5-8H2,1-2H3/p+1. The molecular formula is C15H18ClN2OS+. The number of likely N-dealkylation sites (N-methyl/N-ethyl adjacent to an activating group) is 1. The molecule has 1 aromatic heterocycles. The number of rotatable bonds is 1. The number of hydrogen-bond donors (Lipinski definition) is 1. The molecule has 0 spiro atoms. The van der Waals surface area contributed by atoms with Gasteiger partial charge in [0.25, 0.3) is 5.91 Å². The summed E-state index contributed by atoms with van der Waals surface area (Å²) >= 11 is 7.92. The molecule has 0 radical (unpaired) electrons. The molecule has 1 N–H and O–H groups in total. The van der Waals surface area contributed by atoms with Gasteiger partial charge in [0, 0.05) is 10.1 Å². The normalized spacial score (nSPS) is 16.9. The molecule has 0 saturated carbocycles. The number of piperazine rings is 1. The van der Waals surface area contributed by atoms with E-state index in [4.69, 9.17) is 11.6 Å². The quantitative estimate of drug-likeness (QED) is 0.854. The molecule has 1 amide bonds. The fourth-order valence-electron chi connectivity index (χ4n) is 2.55. The summed E-state index contributed by atoms with van der Waals surface area (Å²) in [5.74, 6) is 0.0846. The number of thiophene rings is 1. The third-order valence-corrected chi connectivity index (χ3v) is 5.53. The van der Waals surface area contributed by atoms with Gasteiger partial charge < -0.3 is 9.80 Å². The first-order valence-corrected chi connectivity index (χ1v) is 8.05. The SMILES string of the molecule is Cc1ccc2c(Cl)c(C(=O)N3CC[NH+](C)CC3)sc2c1. The van der Waals surface area contributed by atoms with Gasteiger partial charge in [-0.05, 0) is 18.6 Å². The summed E-state index contributed by atoms with van der Waals surface area (Å²) in [6.07, 6.45) is 0. The number of halogens is 1. The van der Waals surface area contributed by atoms with E-state index < -0.39 is 0 Å². The lowest BCUT2D eigenvalue weighted by molar-refractivity contribution is -0.883. The third kappa shape index (κ3) is 2.43. The van der Waals surface area contributed by atoms with Gasteiger partial charge in [0.15, 0.2) is 0 Å². The summed E-state index contributed by atoms with van der Waals surface area (Å²) in [6, 6.07) is 6.14. The Morgan fingerprint density at radius 2 is 2.05 bits per heavy atom. The van der Waals surface area contributed by atoms with Crippen molar-refractivity contribution in [1.82, 2.24) is 4.90 Å². The molecule has 1 saturated heterocycles. The van der Waals surface area contributed by atoms with Crippen LogP contribution in [0.3, 0.4) is 0 Å². The van der Waals surface area contributed by atoms with Crippen LogP contribution in [0, 0.1) is 6.92 Å². The van der Waals surface area contributed by atoms with E-state index in [1.807, 2.05) is 17.0 Å². The maximum absolute atomic E-state index is 12.6. The molecule has 3 rings (SSSR count). The Morgan fingerprint density at radius 1 is 1.35 bits per heavy atom. The highest BCUT2D eigenvalue weighted by molar-refractivity contribution is 7.21. The number of amides is 1. The lowest BCUT2D eigenvalue weighted by atomic mass is 10.2. The van der Waals surface area contributed by atoms with Gasteiger partial charge in [-0.15, -0.1) is 11.3 Å². The van der Waals surface area contributed by atoms with Crippen LogP contribution in [0.2, 0.25) is 5.02 Å². The van der Waals surface area contributed by atoms with Gasteiger partial charge >= 0.3 is 0 Å². The Kier molecular flexibility index (Phi) is 3.71. The molecule has 0 unspecified atom stereocenters. The number of quaternary nitrogens is 1. The zero-order valence-electron chi connectivity index (χ0n) is 11.7. The van der Waals surface area contributed by atoms with Crippen molar-refractivity contribution < 1.29 is 9.69 Å². The predicted octanol–water partition coefficient (Wildman–Crippen LogP) is 1.83. The Hall–Kier alpha value is -1.10. The maximum Gasteiger partial charge on any atom is 0.265 e. The molecule has 1 aliphatic heterocycles. The fourth-order valence-corrected chi connectivity index (χ4v) is 4.12. The summed E-state index contributed by atoms with van der Waals surface area (Å²) < 4.78 is 1.10. The van der Waals surface area contributed by atoms with E-state index in [9.17, 15) is 4.79 Å². The van der Waals surface area contributed by atoms with Gasteiger partial charge in [-0.25, -0.2) is 0 Å². The molecule has 1 aromatic carbocycles. The molecule has 0 bridgehead atoms. The first-order chi connectivity index (χ1) is 9.56. The van der Waals surface area contributed by atoms with Crippen LogP contribution >= 0.6 is 22.9 Å². The molecule has 0 atom stereocenters. The molecule has 3 nitrogen and oxygen atoms in total. The molecular weight excluding hydrogens is 292 g/mol. The van der Waals surface area contributed by atoms with Crippen LogP contribution in [0.25, 0.3) is 10.1 Å². The van der Waals surface area contributed by atoms with Crippen LogP contribution in [-0.4, -0.2) is 44.0 Å². The molecule has 106 valence electrons. The van der Waals surface area contributed by atoms with E-state index in [1.165, 1.54) is 21.8 Å². The Morgan fingerprint density at radius 3 is 2.75 bits per heavy atom. The molecule has 0 aliphatic carbocycles. The summed E-state index contributed by atoms with van der Waals surface area (Å²) in [6.45, 7) is 5.70. The van der Waals surface area contributed by atoms with Crippen LogP contribution in [0.5, 0.6) is 0 Å². The second-order valence-corrected chi connectivity index (χ2v) is 6.92. The number of carbonyl (C=O) groups excluding carboxylic acids is 1. The number of carbonyl (C=O) groups is 1. The number of nitrogens with zero attached hydrogens (tertiary/aromatic N) is 1. The van der Waals surface area contributed by atoms with E-state index >= 15 is 0 Å². The summed E-state index contributed by atoms with van der Waals surface area (Å²) in [5, 5.41) is 1.60. The van der Waals surface area contributed by atoms with E-state index in [0.29, 0.717) is 9.90 Å². The topological polar surface area (TPSA) is 24.8 Å². The third-order valence-electron chi connectivity index (χ3n) is 3.88. The monoisotopic (exact) mass is 309 g/mol. The second-order valence-electron chi connectivity index (χ2n) is 5.49. The molecule has 1 fully saturated rings. The van der Waals surface area contributed by atoms with Gasteiger partial charge in [0.05, 0.1) is 38.2 Å². The van der Waals surface area contributed by atoms with E-state index in [2.05, 4.69) is 20.0 Å². The van der Waals surface area contributed by atoms with Gasteiger partial charge in [0.2, 0.25) is 0 Å². The zero-order chi connectivity index (χ0) is 14.3. The second kappa shape index (κ2) is 5.35. The minimum atomic E-state index is 0.0846. The smallest absolute Gasteiger partial charge is 0.265 e. The van der Waals surface area contributed by atoms with Gasteiger partial charge in [-0.2, -0.15) is 0 Å². The van der Waals surface area contributed by atoms with Crippen molar-refractivity contribution >= 4 is 38.9 Å². The minimum absolute atomic E-state index is 0.0846. The largest absolute Gasteiger partial charge is 0.334 e. The number of fused-ring (bicyclic) bond motifs is 1. The van der Waals surface area contributed by atoms with Crippen LogP contribution in [0.1, 0.15) is 15.2 Å². The average molecular weight is 310 g/mol. The van der Waals surface area contributed by atoms with Gasteiger partial charge in [-0.3, -0.25) is 4.79 Å². The van der Waals surface area contributed by atoms with Crippen molar-refractivity contribution in [2.75, 3.05) is 33.2 Å². The van der Waals surface area contributed by atoms with Crippen LogP contribution in [0.4, 0.5) is 0 Å². The van der Waals surface area contributed by atoms with Crippen molar-refractivity contribution in [3.8, 4) is 0 Å². The Labute approximate surface area is 127 Å². The number of benzene rings is 1. The fraction of sp³-hybridized carbons (Fsp3) is 0.400. The first-order valence-electron chi connectivity index (χ1n) is 6.85. The maximum atomic E-state index is 12.6. The van der Waals surface area contributed by atoms with E-state index in [0.717, 1.165) is 36.3 Å². The van der Waals surface area contributed by atoms with E-state index in [-0.39, 0.29) is 5.91 Å². The predicted molar refractivity (Wildman–Crippen MR) is 84.1 cm³/mol. The minimum Gasteiger partial charge on any atom is -0.334 e. The number of aryl methyl sites for hydroxylation is 1. The summed E-state index contributed by atoms with van der Waals surface area (Å²) in [7, 11) is 2.16. The van der Waals surface area contributed by atoms with Crippen molar-refractivity contribution in [2.45, 2.75) is 6.92 Å². The zero-order valence-corrected chi connectivity index (χ0v) is 13.3. The molecule has 5 heteroatoms. The summed E-state index contributed by atoms with van der Waals surface area (Å²) in [5.41, 5.74) is 1.19. The van der Waals surface area contributed by atoms with Crippen LogP contribution < -0.4 is 4.90 Å². The molecule has 20 heavy (non-hydrogen) atoms. The van der Waals surface area contributed by atoms with Gasteiger partial charge in [-0.1, -0.05) is 23.7 Å². The lowest BCUT2D eigenvalue weighted by Crippen LogP contribution is -3.12. The van der Waals surface area contributed by atoms with E-state index in [1.54, 1.807) is 0 Å². The first kappa shape index (κ1) is 13.9. The highest BCUT2D eigenvalue weighted by Crippen LogP contribution is 2.36. The number of hydrogen-bond acceptors (Lipinski definition) is 2. The average Bonchev–Trinajstić information content (AvgIpc) is 2.75. The van der Waals surface area contributed by atoms with Crippen LogP contribution in [0.15, 0.2) is 18.2 Å². The van der Waals surface area contributed by atoms with Crippen molar-refractivity contribution in [1.29, 1.82) is 0 Å². The van der Waals surface area contributed by atoms with Gasteiger partial charge in [0.1, 0.15) is 4.88 Å². The molecule has 1 aliphatic rings. The van der Waals surface area contributed by atoms with Crippen molar-refractivity contribution in [3.05, 3.63) is 33.7 Å². The lowest BCUT2D eigenvalue weighted by Gasteiger charge is -2.29. The Bertz CT molecular complexity index is 659. The number of nitrogens with one attached hydrogen (secondary N) is 1. The highest BCUT2D eigenvalue weighted by Gasteiger charge is 2.26. The van der Waals surface area contributed by atoms with Crippen molar-refractivity contribution in [3.63, 3.8) is 0 Å². The van der Waals surface area contributed by atoms with Crippen LogP contribution in [-0.2, 0) is 0 Å². The summed E-state index contributed by atoms with van der Waals surface area (Å²) in [4.78, 5) is 16.7. The highest BCUT2D eigenvalue weighted by atomic mass is 35.5. The Balaban J connectivity index is 1.93.